The largest absolute Gasteiger partial charge is 0.466 e. The molecule has 0 fully saturated rings. The van der Waals surface area contributed by atoms with Gasteiger partial charge in [-0.05, 0) is 35.6 Å². The first-order valence-electron chi connectivity index (χ1n) is 8.67. The van der Waals surface area contributed by atoms with E-state index in [0.29, 0.717) is 0 Å². The molecular weight excluding hydrogens is 324 g/mol. The molecular formula is C22H22N2O2. The zero-order valence-electron chi connectivity index (χ0n) is 15.0. The lowest BCUT2D eigenvalue weighted by atomic mass is 9.85. The lowest BCUT2D eigenvalue weighted by Gasteiger charge is -2.32. The molecule has 0 aliphatic heterocycles. The van der Waals surface area contributed by atoms with E-state index in [2.05, 4.69) is 18.2 Å². The SMILES string of the molecule is COC(=O)/C=C\[C@H]1Cc2ccccc2[C@@H]1[C@H](C#N)N(C)c1ccccc1. The Balaban J connectivity index is 1.97. The van der Waals surface area contributed by atoms with Crippen molar-refractivity contribution in [3.63, 3.8) is 0 Å². The van der Waals surface area contributed by atoms with Gasteiger partial charge in [-0.25, -0.2) is 4.79 Å². The van der Waals surface area contributed by atoms with Crippen LogP contribution in [0, 0.1) is 17.2 Å². The summed E-state index contributed by atoms with van der Waals surface area (Å²) in [7, 11) is 3.32. The van der Waals surface area contributed by atoms with Crippen molar-refractivity contribution >= 4 is 11.7 Å². The maximum atomic E-state index is 11.6. The number of hydrogen-bond acceptors (Lipinski definition) is 4. The molecule has 0 spiro atoms. The number of para-hydroxylation sites is 1. The first-order valence-corrected chi connectivity index (χ1v) is 8.67. The number of likely N-dealkylation sites (N-methyl/N-ethyl adjacent to an activating group) is 1. The van der Waals surface area contributed by atoms with Gasteiger partial charge in [-0.15, -0.1) is 0 Å². The summed E-state index contributed by atoms with van der Waals surface area (Å²) < 4.78 is 4.72. The molecule has 0 aromatic heterocycles. The minimum absolute atomic E-state index is 0.0117. The third kappa shape index (κ3) is 3.48. The number of carbonyl (C=O) groups is 1. The van der Waals surface area contributed by atoms with Crippen LogP contribution in [0.1, 0.15) is 17.0 Å². The van der Waals surface area contributed by atoms with Gasteiger partial charge in [0.1, 0.15) is 6.04 Å². The number of benzene rings is 2. The Bertz CT molecular complexity index is 839. The third-order valence-corrected chi connectivity index (χ3v) is 5.06. The number of esters is 1. The highest BCUT2D eigenvalue weighted by atomic mass is 16.5. The Morgan fingerprint density at radius 2 is 1.92 bits per heavy atom. The second kappa shape index (κ2) is 7.88. The summed E-state index contributed by atoms with van der Waals surface area (Å²) in [4.78, 5) is 13.6. The second-order valence-corrected chi connectivity index (χ2v) is 6.50. The van der Waals surface area contributed by atoms with Crippen LogP contribution in [0.15, 0.2) is 66.7 Å². The maximum absolute atomic E-state index is 11.6. The molecule has 1 aliphatic carbocycles. The zero-order chi connectivity index (χ0) is 18.5. The van der Waals surface area contributed by atoms with Gasteiger partial charge in [-0.2, -0.15) is 5.26 Å². The van der Waals surface area contributed by atoms with E-state index < -0.39 is 0 Å². The summed E-state index contributed by atoms with van der Waals surface area (Å²) in [5.74, 6) is -0.311. The lowest BCUT2D eigenvalue weighted by Crippen LogP contribution is -2.37. The Morgan fingerprint density at radius 1 is 1.23 bits per heavy atom. The van der Waals surface area contributed by atoms with Gasteiger partial charge in [0.25, 0.3) is 0 Å². The Labute approximate surface area is 154 Å². The number of ether oxygens (including phenoxy) is 1. The molecule has 0 radical (unpaired) electrons. The van der Waals surface area contributed by atoms with Crippen molar-refractivity contribution in [1.29, 1.82) is 5.26 Å². The predicted octanol–water partition coefficient (Wildman–Crippen LogP) is 3.70. The topological polar surface area (TPSA) is 53.3 Å². The van der Waals surface area contributed by atoms with Crippen LogP contribution in [-0.4, -0.2) is 26.2 Å². The molecule has 0 saturated carbocycles. The molecule has 1 aliphatic rings. The summed E-state index contributed by atoms with van der Waals surface area (Å²) in [6.07, 6.45) is 4.18. The summed E-state index contributed by atoms with van der Waals surface area (Å²) >= 11 is 0. The normalized spacial score (nSPS) is 19.6. The maximum Gasteiger partial charge on any atom is 0.330 e. The van der Waals surface area contributed by atoms with E-state index in [1.165, 1.54) is 24.3 Å². The summed E-state index contributed by atoms with van der Waals surface area (Å²) in [6.45, 7) is 0. The monoisotopic (exact) mass is 346 g/mol. The van der Waals surface area contributed by atoms with E-state index in [4.69, 9.17) is 4.74 Å². The molecule has 0 N–H and O–H groups in total. The molecule has 26 heavy (non-hydrogen) atoms. The van der Waals surface area contributed by atoms with Crippen molar-refractivity contribution in [2.45, 2.75) is 18.4 Å². The average molecular weight is 346 g/mol. The molecule has 3 rings (SSSR count). The van der Waals surface area contributed by atoms with Gasteiger partial charge < -0.3 is 9.64 Å². The molecule has 0 bridgehead atoms. The van der Waals surface area contributed by atoms with Gasteiger partial charge in [-0.1, -0.05) is 48.5 Å². The smallest absolute Gasteiger partial charge is 0.330 e. The van der Waals surface area contributed by atoms with Crippen molar-refractivity contribution < 1.29 is 9.53 Å². The van der Waals surface area contributed by atoms with Gasteiger partial charge in [0.05, 0.1) is 13.2 Å². The van der Waals surface area contributed by atoms with E-state index in [0.717, 1.165) is 12.1 Å². The van der Waals surface area contributed by atoms with Crippen LogP contribution in [0.5, 0.6) is 0 Å². The Morgan fingerprint density at radius 3 is 2.62 bits per heavy atom. The van der Waals surface area contributed by atoms with E-state index >= 15 is 0 Å². The van der Waals surface area contributed by atoms with Gasteiger partial charge in [0.15, 0.2) is 0 Å². The van der Waals surface area contributed by atoms with Crippen LogP contribution in [0.4, 0.5) is 5.69 Å². The van der Waals surface area contributed by atoms with E-state index in [9.17, 15) is 10.1 Å². The van der Waals surface area contributed by atoms with Crippen LogP contribution in [0.3, 0.4) is 0 Å². The molecule has 0 unspecified atom stereocenters. The molecule has 132 valence electrons. The van der Waals surface area contributed by atoms with E-state index in [1.54, 1.807) is 0 Å². The van der Waals surface area contributed by atoms with Crippen LogP contribution < -0.4 is 4.90 Å². The number of fused-ring (bicyclic) bond motifs is 1. The van der Waals surface area contributed by atoms with E-state index in [1.807, 2.05) is 60.5 Å². The standard InChI is InChI=1S/C22H22N2O2/c1-24(18-9-4-3-5-10-18)20(15-23)22-17(12-13-21(25)26-2)14-16-8-6-7-11-19(16)22/h3-13,17,20,22H,14H2,1-2H3/b13-12-/t17-,20-,22+/m0/s1. The molecule has 4 nitrogen and oxygen atoms in total. The highest BCUT2D eigenvalue weighted by molar-refractivity contribution is 5.81. The van der Waals surface area contributed by atoms with Crippen molar-refractivity contribution in [3.05, 3.63) is 77.9 Å². The number of nitrogens with zero attached hydrogens (tertiary/aromatic N) is 2. The van der Waals surface area contributed by atoms with Crippen LogP contribution in [-0.2, 0) is 16.0 Å². The number of methoxy groups -OCH3 is 1. The highest BCUT2D eigenvalue weighted by Gasteiger charge is 2.38. The van der Waals surface area contributed by atoms with Crippen LogP contribution in [0.25, 0.3) is 0 Å². The second-order valence-electron chi connectivity index (χ2n) is 6.50. The van der Waals surface area contributed by atoms with Crippen molar-refractivity contribution in [1.82, 2.24) is 0 Å². The number of anilines is 1. The fourth-order valence-electron chi connectivity index (χ4n) is 3.75. The minimum atomic E-state index is -0.371. The van der Waals surface area contributed by atoms with Gasteiger partial charge in [-0.3, -0.25) is 0 Å². The first kappa shape index (κ1) is 17.8. The van der Waals surface area contributed by atoms with Crippen molar-refractivity contribution in [3.8, 4) is 6.07 Å². The van der Waals surface area contributed by atoms with Crippen LogP contribution >= 0.6 is 0 Å². The van der Waals surface area contributed by atoms with Gasteiger partial charge in [0.2, 0.25) is 0 Å². The van der Waals surface area contributed by atoms with Crippen molar-refractivity contribution in [2.24, 2.45) is 5.92 Å². The summed E-state index contributed by atoms with van der Waals surface area (Å²) in [6, 6.07) is 20.3. The van der Waals surface area contributed by atoms with Crippen LogP contribution in [0.2, 0.25) is 0 Å². The van der Waals surface area contributed by atoms with E-state index in [-0.39, 0.29) is 23.8 Å². The highest BCUT2D eigenvalue weighted by Crippen LogP contribution is 2.42. The molecule has 3 atom stereocenters. The number of hydrogen-bond donors (Lipinski definition) is 0. The predicted molar refractivity (Wildman–Crippen MR) is 102 cm³/mol. The number of rotatable bonds is 5. The fourth-order valence-corrected chi connectivity index (χ4v) is 3.75. The summed E-state index contributed by atoms with van der Waals surface area (Å²) in [5.41, 5.74) is 3.42. The van der Waals surface area contributed by atoms with Gasteiger partial charge >= 0.3 is 5.97 Å². The molecule has 4 heteroatoms. The average Bonchev–Trinajstić information content (AvgIpc) is 3.05. The Kier molecular flexibility index (Phi) is 5.38. The quantitative estimate of drug-likeness (QED) is 0.612. The number of allylic oxidation sites excluding steroid dienone is 1. The van der Waals surface area contributed by atoms with Crippen molar-refractivity contribution in [2.75, 3.05) is 19.1 Å². The van der Waals surface area contributed by atoms with Gasteiger partial charge in [0, 0.05) is 24.7 Å². The minimum Gasteiger partial charge on any atom is -0.466 e. The molecule has 2 aromatic carbocycles. The molecule has 2 aromatic rings. The fraction of sp³-hybridized carbons (Fsp3) is 0.273. The number of carbonyl (C=O) groups excluding carboxylic acids is 1. The lowest BCUT2D eigenvalue weighted by molar-refractivity contribution is -0.134. The summed E-state index contributed by atoms with van der Waals surface area (Å²) in [5, 5.41) is 9.98. The third-order valence-electron chi connectivity index (χ3n) is 5.06. The first-order chi connectivity index (χ1) is 12.7. The molecule has 0 saturated heterocycles. The molecule has 0 amide bonds. The zero-order valence-corrected chi connectivity index (χ0v) is 15.0. The number of nitriles is 1. The molecule has 0 heterocycles. The Hall–Kier alpha value is -3.06.